The van der Waals surface area contributed by atoms with E-state index in [2.05, 4.69) is 288 Å². The number of para-hydroxylation sites is 3. The minimum absolute atomic E-state index is 0.263. The molecule has 15 aromatic rings. The summed E-state index contributed by atoms with van der Waals surface area (Å²) in [5.74, 6) is 0. The number of hydrogen-bond acceptors (Lipinski definition) is 4. The predicted octanol–water partition coefficient (Wildman–Crippen LogP) is 24.7. The van der Waals surface area contributed by atoms with Crippen molar-refractivity contribution in [2.75, 3.05) is 4.90 Å². The standard InChI is InChI=1S/C89H69NO3/c1-46-39-47(2)41-48(40-46)60-45-66-70(73-57-25-15-20-30-67(57)91-82(60)73)54-36-33-49(42-63(54)85(66,3)4)90(50-34-37-55-64(43-50)88(9,10)79-72(55)75-59-27-17-22-32-69(59)92-83(75)76-53-24-14-19-29-62(53)87(7,8)80(76)79)51-35-38-56-65(44-51)89(11,12)81-77(56)84-74(58-26-16-21-31-68(58)93-84)71-52-23-13-18-28-61(52)86(5,6)78(71)81/h13-45H,1-12H3. The fraction of sp³-hybridized carbons (Fsp3) is 0.191. The highest BCUT2D eigenvalue weighted by Crippen LogP contribution is 2.67. The molecular weight excluding hydrogens is 1130 g/mol. The molecule has 0 saturated carbocycles. The van der Waals surface area contributed by atoms with Gasteiger partial charge in [-0.05, 0) is 180 Å². The van der Waals surface area contributed by atoms with Gasteiger partial charge in [-0.3, -0.25) is 0 Å². The lowest BCUT2D eigenvalue weighted by Gasteiger charge is -2.33. The number of rotatable bonds is 4. The van der Waals surface area contributed by atoms with Crippen molar-refractivity contribution in [3.63, 3.8) is 0 Å². The number of anilines is 3. The van der Waals surface area contributed by atoms with Gasteiger partial charge in [0.2, 0.25) is 0 Å². The summed E-state index contributed by atoms with van der Waals surface area (Å²) in [4.78, 5) is 2.58. The van der Waals surface area contributed by atoms with Crippen LogP contribution in [0.2, 0.25) is 0 Å². The maximum Gasteiger partial charge on any atom is 0.144 e. The van der Waals surface area contributed by atoms with E-state index in [9.17, 15) is 0 Å². The van der Waals surface area contributed by atoms with Crippen molar-refractivity contribution in [3.05, 3.63) is 267 Å². The van der Waals surface area contributed by atoms with E-state index in [-0.39, 0.29) is 16.2 Å². The highest BCUT2D eigenvalue weighted by molar-refractivity contribution is 6.23. The highest BCUT2D eigenvalue weighted by Gasteiger charge is 2.51. The van der Waals surface area contributed by atoms with Crippen molar-refractivity contribution in [2.24, 2.45) is 0 Å². The van der Waals surface area contributed by atoms with Crippen LogP contribution in [0, 0.1) is 13.8 Å². The van der Waals surface area contributed by atoms with E-state index in [0.29, 0.717) is 0 Å². The molecule has 20 rings (SSSR count). The van der Waals surface area contributed by atoms with E-state index in [1.165, 1.54) is 150 Å². The molecule has 448 valence electrons. The Balaban J connectivity index is 0.837. The number of nitrogens with zero attached hydrogens (tertiary/aromatic N) is 1. The molecule has 0 radical (unpaired) electrons. The normalized spacial score (nSPS) is 16.4. The van der Waals surface area contributed by atoms with Crippen molar-refractivity contribution in [2.45, 2.75) is 110 Å². The summed E-state index contributed by atoms with van der Waals surface area (Å²) in [6.07, 6.45) is 0. The Bertz CT molecular complexity index is 5980. The Hall–Kier alpha value is -10.2. The van der Waals surface area contributed by atoms with Crippen LogP contribution >= 0.6 is 0 Å². The summed E-state index contributed by atoms with van der Waals surface area (Å²) in [5, 5.41) is 7.08. The zero-order valence-corrected chi connectivity index (χ0v) is 54.7. The molecule has 0 N–H and O–H groups in total. The lowest BCUT2D eigenvalue weighted by atomic mass is 9.72. The third kappa shape index (κ3) is 6.48. The van der Waals surface area contributed by atoms with Gasteiger partial charge in [0.25, 0.3) is 0 Å². The lowest BCUT2D eigenvalue weighted by molar-refractivity contribution is 0.600. The monoisotopic (exact) mass is 1200 g/mol. The molecule has 0 saturated heterocycles. The van der Waals surface area contributed by atoms with E-state index in [1.54, 1.807) is 0 Å². The summed E-state index contributed by atoms with van der Waals surface area (Å²) in [5.41, 5.74) is 38.2. The van der Waals surface area contributed by atoms with Crippen molar-refractivity contribution in [1.29, 1.82) is 0 Å². The van der Waals surface area contributed by atoms with Crippen LogP contribution in [0.5, 0.6) is 0 Å². The summed E-state index contributed by atoms with van der Waals surface area (Å²) in [7, 11) is 0. The topological polar surface area (TPSA) is 42.7 Å². The lowest BCUT2D eigenvalue weighted by Crippen LogP contribution is -2.24. The second-order valence-electron chi connectivity index (χ2n) is 30.4. The van der Waals surface area contributed by atoms with Gasteiger partial charge in [-0.25, -0.2) is 0 Å². The van der Waals surface area contributed by atoms with E-state index in [4.69, 9.17) is 13.3 Å². The van der Waals surface area contributed by atoms with Crippen molar-refractivity contribution >= 4 is 82.9 Å². The van der Waals surface area contributed by atoms with Crippen LogP contribution in [-0.2, 0) is 27.1 Å². The van der Waals surface area contributed by atoms with Gasteiger partial charge >= 0.3 is 0 Å². The molecule has 0 unspecified atom stereocenters. The summed E-state index contributed by atoms with van der Waals surface area (Å²) in [6.45, 7) is 28.9. The van der Waals surface area contributed by atoms with E-state index in [1.807, 2.05) is 0 Å². The summed E-state index contributed by atoms with van der Waals surface area (Å²) < 4.78 is 21.4. The molecule has 0 amide bonds. The predicted molar refractivity (Wildman–Crippen MR) is 386 cm³/mol. The number of benzene rings is 12. The maximum atomic E-state index is 7.22. The molecule has 93 heavy (non-hydrogen) atoms. The van der Waals surface area contributed by atoms with E-state index in [0.717, 1.165) is 66.9 Å². The second kappa shape index (κ2) is 17.3. The van der Waals surface area contributed by atoms with Crippen molar-refractivity contribution < 1.29 is 13.3 Å². The quantitative estimate of drug-likeness (QED) is 0.176. The molecule has 0 bridgehead atoms. The largest absolute Gasteiger partial charge is 0.455 e. The second-order valence-corrected chi connectivity index (χ2v) is 30.4. The number of fused-ring (bicyclic) bond motifs is 31. The first-order valence-electron chi connectivity index (χ1n) is 33.3. The third-order valence-corrected chi connectivity index (χ3v) is 23.4. The van der Waals surface area contributed by atoms with Gasteiger partial charge in [0.1, 0.15) is 33.5 Å². The first-order valence-corrected chi connectivity index (χ1v) is 33.3. The van der Waals surface area contributed by atoms with Gasteiger partial charge < -0.3 is 18.2 Å². The van der Waals surface area contributed by atoms with Crippen molar-refractivity contribution in [1.82, 2.24) is 0 Å². The zero-order valence-electron chi connectivity index (χ0n) is 54.7. The summed E-state index contributed by atoms with van der Waals surface area (Å²) >= 11 is 0. The molecule has 12 aromatic carbocycles. The van der Waals surface area contributed by atoms with Crippen LogP contribution in [0.1, 0.15) is 136 Å². The van der Waals surface area contributed by atoms with Crippen LogP contribution < -0.4 is 4.90 Å². The minimum atomic E-state index is -0.415. The van der Waals surface area contributed by atoms with Crippen LogP contribution in [0.3, 0.4) is 0 Å². The average molecular weight is 1200 g/mol. The molecule has 4 nitrogen and oxygen atoms in total. The molecule has 5 aliphatic carbocycles. The van der Waals surface area contributed by atoms with Crippen molar-refractivity contribution in [3.8, 4) is 66.8 Å². The first kappa shape index (κ1) is 53.5. The Labute approximate surface area is 541 Å². The smallest absolute Gasteiger partial charge is 0.144 e. The molecule has 3 heterocycles. The fourth-order valence-corrected chi connectivity index (χ4v) is 19.3. The molecule has 0 fully saturated rings. The Kier molecular flexibility index (Phi) is 9.95. The fourth-order valence-electron chi connectivity index (χ4n) is 19.3. The van der Waals surface area contributed by atoms with Gasteiger partial charge in [0.15, 0.2) is 0 Å². The van der Waals surface area contributed by atoms with Crippen LogP contribution in [0.25, 0.3) is 133 Å². The maximum absolute atomic E-state index is 7.22. The van der Waals surface area contributed by atoms with Gasteiger partial charge in [0.05, 0.1) is 0 Å². The molecule has 0 aliphatic heterocycles. The average Bonchev–Trinajstić information content (AvgIpc) is 1.51. The number of aryl methyl sites for hydroxylation is 2. The highest BCUT2D eigenvalue weighted by atomic mass is 16.3. The number of furan rings is 3. The zero-order chi connectivity index (χ0) is 63.0. The molecule has 5 aliphatic rings. The SMILES string of the molecule is Cc1cc(C)cc(-c2cc3c(c4c2oc2ccccc24)-c2ccc(N(c4ccc5c(c4)C(C)(C)c4c6c(c7c(oc8ccccc87)c4-5)-c4ccccc4C6(C)C)c4ccc5c(c4)C(C)(C)c4c6c(c7oc8ccccc8c7c4-5)-c4ccccc4C6(C)C)cc2C3(C)C)c1. The molecule has 3 aromatic heterocycles. The Morgan fingerprint density at radius 3 is 1.09 bits per heavy atom. The molecular formula is C89H69NO3. The minimum Gasteiger partial charge on any atom is -0.455 e. The Morgan fingerprint density at radius 1 is 0.269 bits per heavy atom. The Morgan fingerprint density at radius 2 is 0.613 bits per heavy atom. The molecule has 4 heteroatoms. The first-order chi connectivity index (χ1) is 44.7. The third-order valence-electron chi connectivity index (χ3n) is 23.4. The van der Waals surface area contributed by atoms with Crippen LogP contribution in [-0.4, -0.2) is 0 Å². The van der Waals surface area contributed by atoms with Gasteiger partial charge in [-0.15, -0.1) is 0 Å². The van der Waals surface area contributed by atoms with Gasteiger partial charge in [0, 0.05) is 93.1 Å². The molecule has 0 spiro atoms. The van der Waals surface area contributed by atoms with E-state index >= 15 is 0 Å². The van der Waals surface area contributed by atoms with Crippen LogP contribution in [0.15, 0.2) is 213 Å². The summed E-state index contributed by atoms with van der Waals surface area (Å²) in [6, 6.07) is 75.6. The van der Waals surface area contributed by atoms with Gasteiger partial charge in [-0.2, -0.15) is 0 Å². The van der Waals surface area contributed by atoms with Gasteiger partial charge in [-0.1, -0.05) is 220 Å². The number of hydrogen-bond donors (Lipinski definition) is 0. The van der Waals surface area contributed by atoms with Crippen LogP contribution in [0.4, 0.5) is 17.1 Å². The molecule has 0 atom stereocenters. The van der Waals surface area contributed by atoms with E-state index < -0.39 is 10.8 Å².